The molecule has 1 unspecified atom stereocenters. The number of nitrogens with one attached hydrogen (secondary N) is 1. The third-order valence-corrected chi connectivity index (χ3v) is 3.44. The van der Waals surface area contributed by atoms with Gasteiger partial charge in [0.25, 0.3) is 0 Å². The summed E-state index contributed by atoms with van der Waals surface area (Å²) in [5.74, 6) is 0.163. The van der Waals surface area contributed by atoms with Crippen molar-refractivity contribution in [3.63, 3.8) is 0 Å². The standard InChI is InChI=1S/C13H17ClF3N3/c1-9(8-20-4-2-3-5-20)18-12-7-10(13(15,16)17)6-11(14)19-12/h6-7,9H,2-5,8H2,1H3,(H,18,19). The third kappa shape index (κ3) is 4.24. The summed E-state index contributed by atoms with van der Waals surface area (Å²) in [4.78, 5) is 6.18. The lowest BCUT2D eigenvalue weighted by molar-refractivity contribution is -0.137. The molecule has 7 heteroatoms. The highest BCUT2D eigenvalue weighted by Gasteiger charge is 2.31. The summed E-state index contributed by atoms with van der Waals surface area (Å²) in [6.07, 6.45) is -2.05. The fraction of sp³-hybridized carbons (Fsp3) is 0.615. The minimum absolute atomic E-state index is 0.0140. The van der Waals surface area contributed by atoms with Crippen molar-refractivity contribution in [2.24, 2.45) is 0 Å². The Morgan fingerprint density at radius 3 is 2.60 bits per heavy atom. The zero-order valence-electron chi connectivity index (χ0n) is 11.2. The zero-order chi connectivity index (χ0) is 14.8. The van der Waals surface area contributed by atoms with E-state index in [1.807, 2.05) is 6.92 Å². The first-order valence-electron chi connectivity index (χ1n) is 6.58. The van der Waals surface area contributed by atoms with Crippen LogP contribution in [0, 0.1) is 0 Å². The van der Waals surface area contributed by atoms with E-state index in [1.165, 1.54) is 12.8 Å². The molecule has 1 N–H and O–H groups in total. The van der Waals surface area contributed by atoms with E-state index < -0.39 is 11.7 Å². The first-order valence-corrected chi connectivity index (χ1v) is 6.96. The average molecular weight is 308 g/mol. The number of rotatable bonds is 4. The summed E-state index contributed by atoms with van der Waals surface area (Å²) in [7, 11) is 0. The van der Waals surface area contributed by atoms with E-state index >= 15 is 0 Å². The molecule has 0 spiro atoms. The second-order valence-corrected chi connectivity index (χ2v) is 5.50. The lowest BCUT2D eigenvalue weighted by atomic mass is 10.2. The van der Waals surface area contributed by atoms with Gasteiger partial charge >= 0.3 is 6.18 Å². The predicted molar refractivity (Wildman–Crippen MR) is 73.0 cm³/mol. The van der Waals surface area contributed by atoms with Crippen LogP contribution in [0.3, 0.4) is 0 Å². The topological polar surface area (TPSA) is 28.2 Å². The van der Waals surface area contributed by atoms with E-state index in [4.69, 9.17) is 11.6 Å². The molecule has 0 aromatic carbocycles. The molecular weight excluding hydrogens is 291 g/mol. The first-order chi connectivity index (χ1) is 9.34. The van der Waals surface area contributed by atoms with Gasteiger partial charge in [-0.05, 0) is 45.0 Å². The lowest BCUT2D eigenvalue weighted by Gasteiger charge is -2.22. The molecule has 20 heavy (non-hydrogen) atoms. The van der Waals surface area contributed by atoms with Gasteiger partial charge in [-0.25, -0.2) is 4.98 Å². The van der Waals surface area contributed by atoms with E-state index in [1.54, 1.807) is 0 Å². The molecule has 0 bridgehead atoms. The summed E-state index contributed by atoms with van der Waals surface area (Å²) in [5, 5.41) is 2.83. The van der Waals surface area contributed by atoms with Crippen LogP contribution < -0.4 is 5.32 Å². The smallest absolute Gasteiger partial charge is 0.366 e. The number of alkyl halides is 3. The van der Waals surface area contributed by atoms with Crippen LogP contribution in [0.2, 0.25) is 5.15 Å². The van der Waals surface area contributed by atoms with Crippen molar-refractivity contribution in [3.8, 4) is 0 Å². The van der Waals surface area contributed by atoms with Crippen LogP contribution in [-0.2, 0) is 6.18 Å². The van der Waals surface area contributed by atoms with Crippen molar-refractivity contribution in [1.82, 2.24) is 9.88 Å². The number of likely N-dealkylation sites (tertiary alicyclic amines) is 1. The van der Waals surface area contributed by atoms with E-state index in [9.17, 15) is 13.2 Å². The third-order valence-electron chi connectivity index (χ3n) is 3.25. The summed E-state index contributed by atoms with van der Waals surface area (Å²) in [6.45, 7) is 4.80. The molecule has 0 radical (unpaired) electrons. The number of hydrogen-bond donors (Lipinski definition) is 1. The number of pyridine rings is 1. The van der Waals surface area contributed by atoms with Crippen LogP contribution in [0.5, 0.6) is 0 Å². The molecule has 1 fully saturated rings. The molecule has 1 saturated heterocycles. The number of anilines is 1. The van der Waals surface area contributed by atoms with Gasteiger partial charge in [0.1, 0.15) is 11.0 Å². The molecule has 1 aromatic rings. The maximum absolute atomic E-state index is 12.7. The van der Waals surface area contributed by atoms with Crippen LogP contribution in [0.25, 0.3) is 0 Å². The highest BCUT2D eigenvalue weighted by atomic mass is 35.5. The van der Waals surface area contributed by atoms with Crippen LogP contribution in [0.15, 0.2) is 12.1 Å². The molecule has 112 valence electrons. The Labute approximate surface area is 121 Å². The van der Waals surface area contributed by atoms with Gasteiger partial charge in [0, 0.05) is 12.6 Å². The summed E-state index contributed by atoms with van der Waals surface area (Å²) in [5.41, 5.74) is -0.784. The van der Waals surface area contributed by atoms with E-state index in [2.05, 4.69) is 15.2 Å². The van der Waals surface area contributed by atoms with Crippen molar-refractivity contribution in [1.29, 1.82) is 0 Å². The SMILES string of the molecule is CC(CN1CCCC1)Nc1cc(C(F)(F)F)cc(Cl)n1. The second kappa shape index (κ2) is 6.18. The van der Waals surface area contributed by atoms with Crippen LogP contribution in [0.4, 0.5) is 19.0 Å². The number of halogens is 4. The molecule has 1 atom stereocenters. The van der Waals surface area contributed by atoms with Gasteiger partial charge in [0.05, 0.1) is 5.56 Å². The van der Waals surface area contributed by atoms with Gasteiger partial charge in [-0.1, -0.05) is 11.6 Å². The largest absolute Gasteiger partial charge is 0.416 e. The Bertz CT molecular complexity index is 459. The van der Waals surface area contributed by atoms with Gasteiger partial charge in [-0.15, -0.1) is 0 Å². The minimum atomic E-state index is -4.42. The lowest BCUT2D eigenvalue weighted by Crippen LogP contribution is -2.33. The highest BCUT2D eigenvalue weighted by molar-refractivity contribution is 6.29. The van der Waals surface area contributed by atoms with E-state index in [-0.39, 0.29) is 17.0 Å². The fourth-order valence-electron chi connectivity index (χ4n) is 2.39. The quantitative estimate of drug-likeness (QED) is 0.861. The van der Waals surface area contributed by atoms with Crippen molar-refractivity contribution in [2.45, 2.75) is 32.0 Å². The highest BCUT2D eigenvalue weighted by Crippen LogP contribution is 2.32. The molecule has 2 rings (SSSR count). The van der Waals surface area contributed by atoms with Crippen molar-refractivity contribution in [3.05, 3.63) is 22.8 Å². The molecule has 2 heterocycles. The summed E-state index contributed by atoms with van der Waals surface area (Å²) >= 11 is 5.65. The van der Waals surface area contributed by atoms with Gasteiger partial charge in [0.2, 0.25) is 0 Å². The predicted octanol–water partition coefficient (Wildman–Crippen LogP) is 3.65. The molecule has 3 nitrogen and oxygen atoms in total. The molecule has 0 amide bonds. The molecule has 1 aliphatic heterocycles. The summed E-state index contributed by atoms with van der Waals surface area (Å²) in [6, 6.07) is 1.84. The van der Waals surface area contributed by atoms with Crippen LogP contribution in [-0.4, -0.2) is 35.6 Å². The van der Waals surface area contributed by atoms with Crippen molar-refractivity contribution >= 4 is 17.4 Å². The Kier molecular flexibility index (Phi) is 4.75. The Balaban J connectivity index is 2.02. The molecule has 0 saturated carbocycles. The summed E-state index contributed by atoms with van der Waals surface area (Å²) < 4.78 is 38.1. The van der Waals surface area contributed by atoms with E-state index in [0.717, 1.165) is 31.8 Å². The monoisotopic (exact) mass is 307 g/mol. The van der Waals surface area contributed by atoms with Crippen LogP contribution in [0.1, 0.15) is 25.3 Å². The number of nitrogens with zero attached hydrogens (tertiary/aromatic N) is 2. The minimum Gasteiger partial charge on any atom is -0.366 e. The first kappa shape index (κ1) is 15.4. The maximum atomic E-state index is 12.7. The maximum Gasteiger partial charge on any atom is 0.416 e. The van der Waals surface area contributed by atoms with Crippen molar-refractivity contribution in [2.75, 3.05) is 25.0 Å². The molecule has 1 aromatic heterocycles. The molecular formula is C13H17ClF3N3. The fourth-order valence-corrected chi connectivity index (χ4v) is 2.59. The second-order valence-electron chi connectivity index (χ2n) is 5.11. The zero-order valence-corrected chi connectivity index (χ0v) is 11.9. The van der Waals surface area contributed by atoms with Gasteiger partial charge in [-0.3, -0.25) is 0 Å². The van der Waals surface area contributed by atoms with E-state index in [0.29, 0.717) is 0 Å². The molecule has 0 aliphatic carbocycles. The van der Waals surface area contributed by atoms with Gasteiger partial charge < -0.3 is 10.2 Å². The molecule has 1 aliphatic rings. The normalized spacial score (nSPS) is 18.2. The Hall–Kier alpha value is -1.01. The van der Waals surface area contributed by atoms with Crippen molar-refractivity contribution < 1.29 is 13.2 Å². The van der Waals surface area contributed by atoms with Gasteiger partial charge in [0.15, 0.2) is 0 Å². The average Bonchev–Trinajstić information content (AvgIpc) is 2.79. The van der Waals surface area contributed by atoms with Gasteiger partial charge in [-0.2, -0.15) is 13.2 Å². The number of hydrogen-bond acceptors (Lipinski definition) is 3. The Morgan fingerprint density at radius 1 is 1.35 bits per heavy atom. The van der Waals surface area contributed by atoms with Crippen LogP contribution >= 0.6 is 11.6 Å². The number of aromatic nitrogens is 1. The Morgan fingerprint density at radius 2 is 2.00 bits per heavy atom.